The highest BCUT2D eigenvalue weighted by Crippen LogP contribution is 2.19. The summed E-state index contributed by atoms with van der Waals surface area (Å²) in [6.07, 6.45) is 4.65. The first-order chi connectivity index (χ1) is 12.4. The SMILES string of the molecule is CS(=O)(=O)c1ccc(NC(=O)CNc2ccccc2-n2cccn2)cc1. The fourth-order valence-corrected chi connectivity index (χ4v) is 3.03. The summed E-state index contributed by atoms with van der Waals surface area (Å²) in [6, 6.07) is 15.4. The second-order valence-electron chi connectivity index (χ2n) is 5.67. The van der Waals surface area contributed by atoms with E-state index in [1.165, 1.54) is 12.1 Å². The molecular formula is C18H18N4O3S. The van der Waals surface area contributed by atoms with Crippen LogP contribution in [0.25, 0.3) is 5.69 Å². The summed E-state index contributed by atoms with van der Waals surface area (Å²) in [7, 11) is -3.25. The normalized spacial score (nSPS) is 11.1. The van der Waals surface area contributed by atoms with Crippen LogP contribution in [0.1, 0.15) is 0 Å². The van der Waals surface area contributed by atoms with Crippen molar-refractivity contribution in [2.45, 2.75) is 4.90 Å². The first-order valence-electron chi connectivity index (χ1n) is 7.86. The highest BCUT2D eigenvalue weighted by atomic mass is 32.2. The molecule has 7 nitrogen and oxygen atoms in total. The molecule has 0 fully saturated rings. The zero-order valence-corrected chi connectivity index (χ0v) is 14.9. The Morgan fingerprint density at radius 3 is 2.46 bits per heavy atom. The van der Waals surface area contributed by atoms with E-state index in [1.807, 2.05) is 36.5 Å². The van der Waals surface area contributed by atoms with E-state index in [2.05, 4.69) is 15.7 Å². The van der Waals surface area contributed by atoms with E-state index in [4.69, 9.17) is 0 Å². The van der Waals surface area contributed by atoms with Gasteiger partial charge in [-0.15, -0.1) is 0 Å². The predicted octanol–water partition coefficient (Wildman–Crippen LogP) is 2.33. The number of aromatic nitrogens is 2. The zero-order chi connectivity index (χ0) is 18.6. The van der Waals surface area contributed by atoms with Crippen LogP contribution in [0, 0.1) is 0 Å². The number of nitrogens with zero attached hydrogens (tertiary/aromatic N) is 2. The lowest BCUT2D eigenvalue weighted by molar-refractivity contribution is -0.114. The number of carbonyl (C=O) groups excluding carboxylic acids is 1. The second-order valence-corrected chi connectivity index (χ2v) is 7.68. The molecule has 0 saturated carbocycles. The smallest absolute Gasteiger partial charge is 0.243 e. The standard InChI is InChI=1S/C18H18N4O3S/c1-26(24,25)15-9-7-14(8-10-15)21-18(23)13-19-16-5-2-3-6-17(16)22-12-4-11-20-22/h2-12,19H,13H2,1H3,(H,21,23). The lowest BCUT2D eigenvalue weighted by atomic mass is 10.2. The minimum absolute atomic E-state index is 0.0616. The first kappa shape index (κ1) is 17.7. The molecule has 1 amide bonds. The Balaban J connectivity index is 1.63. The molecule has 1 aromatic heterocycles. The molecule has 0 saturated heterocycles. The number of anilines is 2. The minimum atomic E-state index is -3.25. The molecule has 134 valence electrons. The van der Waals surface area contributed by atoms with Crippen molar-refractivity contribution >= 4 is 27.1 Å². The number of nitrogens with one attached hydrogen (secondary N) is 2. The van der Waals surface area contributed by atoms with Crippen LogP contribution in [0.2, 0.25) is 0 Å². The Kier molecular flexibility index (Phi) is 5.04. The lowest BCUT2D eigenvalue weighted by Gasteiger charge is -2.12. The molecule has 0 unspecified atom stereocenters. The van der Waals surface area contributed by atoms with Gasteiger partial charge in [0.1, 0.15) is 0 Å². The van der Waals surface area contributed by atoms with Crippen molar-refractivity contribution < 1.29 is 13.2 Å². The van der Waals surface area contributed by atoms with Crippen molar-refractivity contribution in [3.05, 3.63) is 67.0 Å². The number of benzene rings is 2. The molecule has 0 spiro atoms. The monoisotopic (exact) mass is 370 g/mol. The zero-order valence-electron chi connectivity index (χ0n) is 14.1. The number of sulfone groups is 1. The molecular weight excluding hydrogens is 352 g/mol. The van der Waals surface area contributed by atoms with Gasteiger partial charge in [-0.25, -0.2) is 13.1 Å². The number of amides is 1. The van der Waals surface area contributed by atoms with Gasteiger partial charge in [0.25, 0.3) is 0 Å². The third-order valence-electron chi connectivity index (χ3n) is 3.66. The topological polar surface area (TPSA) is 93.1 Å². The number of carbonyl (C=O) groups is 1. The van der Waals surface area contributed by atoms with Crippen molar-refractivity contribution in [3.63, 3.8) is 0 Å². The maximum Gasteiger partial charge on any atom is 0.243 e. The molecule has 0 atom stereocenters. The van der Waals surface area contributed by atoms with E-state index in [9.17, 15) is 13.2 Å². The lowest BCUT2D eigenvalue weighted by Crippen LogP contribution is -2.22. The van der Waals surface area contributed by atoms with E-state index in [-0.39, 0.29) is 17.3 Å². The Labute approximate surface area is 151 Å². The van der Waals surface area contributed by atoms with Crippen molar-refractivity contribution in [3.8, 4) is 5.69 Å². The van der Waals surface area contributed by atoms with E-state index >= 15 is 0 Å². The first-order valence-corrected chi connectivity index (χ1v) is 9.75. The van der Waals surface area contributed by atoms with Gasteiger partial charge in [0.2, 0.25) is 5.91 Å². The second kappa shape index (κ2) is 7.40. The maximum absolute atomic E-state index is 12.2. The van der Waals surface area contributed by atoms with E-state index in [0.717, 1.165) is 17.6 Å². The van der Waals surface area contributed by atoms with Gasteiger partial charge in [-0.2, -0.15) is 5.10 Å². The Hall–Kier alpha value is -3.13. The quantitative estimate of drug-likeness (QED) is 0.695. The summed E-state index contributed by atoms with van der Waals surface area (Å²) in [5.41, 5.74) is 2.14. The van der Waals surface area contributed by atoms with Gasteiger partial charge in [-0.05, 0) is 42.5 Å². The minimum Gasteiger partial charge on any atom is -0.374 e. The van der Waals surface area contributed by atoms with Gasteiger partial charge in [0, 0.05) is 24.3 Å². The van der Waals surface area contributed by atoms with E-state index in [0.29, 0.717) is 5.69 Å². The average molecular weight is 370 g/mol. The van der Waals surface area contributed by atoms with Gasteiger partial charge in [-0.3, -0.25) is 4.79 Å². The fraction of sp³-hybridized carbons (Fsp3) is 0.111. The summed E-state index contributed by atoms with van der Waals surface area (Å²) in [6.45, 7) is 0.0616. The van der Waals surface area contributed by atoms with Crippen molar-refractivity contribution in [2.75, 3.05) is 23.4 Å². The molecule has 2 aromatic carbocycles. The third kappa shape index (κ3) is 4.28. The Morgan fingerprint density at radius 2 is 1.81 bits per heavy atom. The molecule has 0 aliphatic rings. The van der Waals surface area contributed by atoms with Crippen LogP contribution in [0.4, 0.5) is 11.4 Å². The Bertz CT molecular complexity index is 997. The molecule has 0 aliphatic carbocycles. The summed E-state index contributed by atoms with van der Waals surface area (Å²) >= 11 is 0. The molecule has 0 aliphatic heterocycles. The largest absolute Gasteiger partial charge is 0.374 e. The van der Waals surface area contributed by atoms with Gasteiger partial charge in [0.15, 0.2) is 9.84 Å². The van der Waals surface area contributed by atoms with Crippen LogP contribution < -0.4 is 10.6 Å². The molecule has 3 aromatic rings. The molecule has 2 N–H and O–H groups in total. The molecule has 3 rings (SSSR count). The van der Waals surface area contributed by atoms with Gasteiger partial charge >= 0.3 is 0 Å². The molecule has 0 radical (unpaired) electrons. The van der Waals surface area contributed by atoms with Crippen LogP contribution in [-0.2, 0) is 14.6 Å². The van der Waals surface area contributed by atoms with Crippen molar-refractivity contribution in [2.24, 2.45) is 0 Å². The number of rotatable bonds is 6. The summed E-state index contributed by atoms with van der Waals surface area (Å²) in [5, 5.41) is 10.0. The Morgan fingerprint density at radius 1 is 1.08 bits per heavy atom. The number of hydrogen-bond donors (Lipinski definition) is 2. The summed E-state index contributed by atoms with van der Waals surface area (Å²) < 4.78 is 24.6. The van der Waals surface area contributed by atoms with Gasteiger partial charge in [-0.1, -0.05) is 12.1 Å². The number of hydrogen-bond acceptors (Lipinski definition) is 5. The number of para-hydroxylation sites is 2. The van der Waals surface area contributed by atoms with E-state index in [1.54, 1.807) is 23.0 Å². The van der Waals surface area contributed by atoms with Crippen LogP contribution in [-0.4, -0.2) is 36.9 Å². The van der Waals surface area contributed by atoms with Crippen molar-refractivity contribution in [1.29, 1.82) is 0 Å². The molecule has 8 heteroatoms. The highest BCUT2D eigenvalue weighted by Gasteiger charge is 2.09. The third-order valence-corrected chi connectivity index (χ3v) is 4.79. The summed E-state index contributed by atoms with van der Waals surface area (Å²) in [4.78, 5) is 12.4. The average Bonchev–Trinajstić information content (AvgIpc) is 3.14. The van der Waals surface area contributed by atoms with Crippen LogP contribution in [0.5, 0.6) is 0 Å². The van der Waals surface area contributed by atoms with Gasteiger partial charge in [0.05, 0.1) is 22.8 Å². The molecule has 1 heterocycles. The fourth-order valence-electron chi connectivity index (χ4n) is 2.40. The van der Waals surface area contributed by atoms with Crippen molar-refractivity contribution in [1.82, 2.24) is 9.78 Å². The molecule has 26 heavy (non-hydrogen) atoms. The van der Waals surface area contributed by atoms with Crippen LogP contribution in [0.15, 0.2) is 71.9 Å². The maximum atomic E-state index is 12.2. The van der Waals surface area contributed by atoms with Crippen LogP contribution >= 0.6 is 0 Å². The predicted molar refractivity (Wildman–Crippen MR) is 100 cm³/mol. The van der Waals surface area contributed by atoms with Gasteiger partial charge < -0.3 is 10.6 Å². The summed E-state index contributed by atoms with van der Waals surface area (Å²) in [5.74, 6) is -0.243. The van der Waals surface area contributed by atoms with E-state index < -0.39 is 9.84 Å². The highest BCUT2D eigenvalue weighted by molar-refractivity contribution is 7.90. The molecule has 0 bridgehead atoms. The van der Waals surface area contributed by atoms with Crippen LogP contribution in [0.3, 0.4) is 0 Å².